The molecule has 106 valence electrons. The number of nitrogens with one attached hydrogen (secondary N) is 2. The average molecular weight is 284 g/mol. The van der Waals surface area contributed by atoms with Crippen LogP contribution in [-0.2, 0) is 21.2 Å². The highest BCUT2D eigenvalue weighted by molar-refractivity contribution is 7.92. The highest BCUT2D eigenvalue weighted by Crippen LogP contribution is 2.18. The van der Waals surface area contributed by atoms with E-state index in [0.717, 1.165) is 18.4 Å². The Morgan fingerprint density at radius 1 is 1.21 bits per heavy atom. The van der Waals surface area contributed by atoms with Crippen LogP contribution in [0.1, 0.15) is 19.4 Å². The molecule has 0 fully saturated rings. The lowest BCUT2D eigenvalue weighted by Gasteiger charge is -2.21. The molecule has 0 saturated heterocycles. The first-order valence-electron chi connectivity index (χ1n) is 5.93. The monoisotopic (exact) mass is 284 g/mol. The van der Waals surface area contributed by atoms with Crippen LogP contribution in [0.25, 0.3) is 0 Å². The summed E-state index contributed by atoms with van der Waals surface area (Å²) in [5.74, 6) is -0.531. The first kappa shape index (κ1) is 15.7. The van der Waals surface area contributed by atoms with E-state index in [4.69, 9.17) is 0 Å². The minimum atomic E-state index is -3.46. The van der Waals surface area contributed by atoms with Gasteiger partial charge in [0.15, 0.2) is 9.84 Å². The smallest absolute Gasteiger partial charge is 0.245 e. The molecular formula is C13H20N2O3S. The molecule has 0 bridgehead atoms. The number of hydrogen-bond donors (Lipinski definition) is 2. The molecule has 1 amide bonds. The van der Waals surface area contributed by atoms with Crippen LogP contribution in [0.4, 0.5) is 5.69 Å². The third-order valence-corrected chi connectivity index (χ3v) is 5.11. The summed E-state index contributed by atoms with van der Waals surface area (Å²) in [4.78, 5) is 12.0. The predicted molar refractivity (Wildman–Crippen MR) is 76.8 cm³/mol. The van der Waals surface area contributed by atoms with E-state index in [2.05, 4.69) is 10.6 Å². The van der Waals surface area contributed by atoms with Crippen molar-refractivity contribution < 1.29 is 13.2 Å². The van der Waals surface area contributed by atoms with Gasteiger partial charge in [0.2, 0.25) is 5.91 Å². The van der Waals surface area contributed by atoms with Gasteiger partial charge in [-0.1, -0.05) is 12.1 Å². The molecule has 0 unspecified atom stereocenters. The van der Waals surface area contributed by atoms with Crippen LogP contribution in [0, 0.1) is 0 Å². The number of sulfone groups is 1. The van der Waals surface area contributed by atoms with Crippen molar-refractivity contribution in [1.82, 2.24) is 5.32 Å². The van der Waals surface area contributed by atoms with Gasteiger partial charge in [-0.3, -0.25) is 4.79 Å². The van der Waals surface area contributed by atoms with E-state index in [1.54, 1.807) is 12.1 Å². The molecule has 6 heteroatoms. The molecule has 0 spiro atoms. The molecule has 0 aliphatic rings. The zero-order valence-electron chi connectivity index (χ0n) is 11.6. The summed E-state index contributed by atoms with van der Waals surface area (Å²) in [6, 6.07) is 7.25. The first-order chi connectivity index (χ1) is 8.68. The van der Waals surface area contributed by atoms with Crippen LogP contribution < -0.4 is 10.6 Å². The quantitative estimate of drug-likeness (QED) is 0.851. The fourth-order valence-electron chi connectivity index (χ4n) is 1.36. The molecule has 19 heavy (non-hydrogen) atoms. The molecular weight excluding hydrogens is 264 g/mol. The Balaban J connectivity index is 2.83. The minimum Gasteiger partial charge on any atom is -0.325 e. The van der Waals surface area contributed by atoms with Gasteiger partial charge >= 0.3 is 0 Å². The molecule has 1 aromatic carbocycles. The van der Waals surface area contributed by atoms with Gasteiger partial charge in [0.05, 0.1) is 0 Å². The second-order valence-electron chi connectivity index (χ2n) is 4.96. The van der Waals surface area contributed by atoms with E-state index in [0.29, 0.717) is 5.69 Å². The SMILES string of the molecule is CNCc1ccc(NC(=O)C(C)(C)S(C)(=O)=O)cc1. The molecule has 0 radical (unpaired) electrons. The van der Waals surface area contributed by atoms with Gasteiger partial charge in [-0.25, -0.2) is 8.42 Å². The lowest BCUT2D eigenvalue weighted by atomic mass is 10.1. The van der Waals surface area contributed by atoms with Crippen molar-refractivity contribution in [3.8, 4) is 0 Å². The molecule has 0 atom stereocenters. The first-order valence-corrected chi connectivity index (χ1v) is 7.82. The molecule has 2 N–H and O–H groups in total. The fraction of sp³-hybridized carbons (Fsp3) is 0.462. The third-order valence-electron chi connectivity index (χ3n) is 3.07. The zero-order valence-corrected chi connectivity index (χ0v) is 12.5. The Labute approximate surface area is 114 Å². The van der Waals surface area contributed by atoms with Crippen LogP contribution in [0.15, 0.2) is 24.3 Å². The van der Waals surface area contributed by atoms with Gasteiger partial charge < -0.3 is 10.6 Å². The van der Waals surface area contributed by atoms with E-state index in [1.807, 2.05) is 19.2 Å². The Kier molecular flexibility index (Phi) is 4.70. The van der Waals surface area contributed by atoms with E-state index in [1.165, 1.54) is 13.8 Å². The second-order valence-corrected chi connectivity index (χ2v) is 7.53. The lowest BCUT2D eigenvalue weighted by molar-refractivity contribution is -0.117. The summed E-state index contributed by atoms with van der Waals surface area (Å²) in [6.07, 6.45) is 1.06. The maximum Gasteiger partial charge on any atom is 0.245 e. The van der Waals surface area contributed by atoms with Crippen LogP contribution in [0.2, 0.25) is 0 Å². The van der Waals surface area contributed by atoms with Crippen molar-refractivity contribution in [2.24, 2.45) is 0 Å². The Bertz CT molecular complexity index is 548. The molecule has 1 aromatic rings. The minimum absolute atomic E-state index is 0.531. The van der Waals surface area contributed by atoms with E-state index >= 15 is 0 Å². The molecule has 5 nitrogen and oxygen atoms in total. The van der Waals surface area contributed by atoms with Crippen molar-refractivity contribution in [3.63, 3.8) is 0 Å². The summed E-state index contributed by atoms with van der Waals surface area (Å²) >= 11 is 0. The van der Waals surface area contributed by atoms with Crippen molar-refractivity contribution >= 4 is 21.4 Å². The summed E-state index contributed by atoms with van der Waals surface area (Å²) in [5, 5.41) is 5.64. The van der Waals surface area contributed by atoms with E-state index in [9.17, 15) is 13.2 Å². The standard InChI is InChI=1S/C13H20N2O3S/c1-13(2,19(4,17)18)12(16)15-11-7-5-10(6-8-11)9-14-3/h5-8,14H,9H2,1-4H3,(H,15,16). The molecule has 0 aromatic heterocycles. The summed E-state index contributed by atoms with van der Waals surface area (Å²) in [5.41, 5.74) is 1.67. The lowest BCUT2D eigenvalue weighted by Crippen LogP contribution is -2.43. The summed E-state index contributed by atoms with van der Waals surface area (Å²) in [7, 11) is -1.61. The molecule has 0 aliphatic heterocycles. The Morgan fingerprint density at radius 3 is 2.16 bits per heavy atom. The Hall–Kier alpha value is -1.40. The van der Waals surface area contributed by atoms with E-state index in [-0.39, 0.29) is 0 Å². The molecule has 1 rings (SSSR count). The highest BCUT2D eigenvalue weighted by atomic mass is 32.2. The highest BCUT2D eigenvalue weighted by Gasteiger charge is 2.38. The number of hydrogen-bond acceptors (Lipinski definition) is 4. The van der Waals surface area contributed by atoms with Gasteiger partial charge in [-0.15, -0.1) is 0 Å². The topological polar surface area (TPSA) is 75.3 Å². The Morgan fingerprint density at radius 2 is 1.74 bits per heavy atom. The maximum atomic E-state index is 12.0. The van der Waals surface area contributed by atoms with Crippen LogP contribution in [0.3, 0.4) is 0 Å². The third kappa shape index (κ3) is 3.78. The molecule has 0 aliphatic carbocycles. The normalized spacial score (nSPS) is 12.2. The van der Waals surface area contributed by atoms with Gasteiger partial charge in [0.25, 0.3) is 0 Å². The van der Waals surface area contributed by atoms with Crippen LogP contribution in [-0.4, -0.2) is 32.4 Å². The maximum absolute atomic E-state index is 12.0. The van der Waals surface area contributed by atoms with Gasteiger partial charge in [-0.2, -0.15) is 0 Å². The van der Waals surface area contributed by atoms with Gasteiger partial charge in [-0.05, 0) is 38.6 Å². The van der Waals surface area contributed by atoms with Crippen molar-refractivity contribution in [3.05, 3.63) is 29.8 Å². The fourth-order valence-corrected chi connectivity index (χ4v) is 1.75. The van der Waals surface area contributed by atoms with Crippen molar-refractivity contribution in [2.75, 3.05) is 18.6 Å². The number of amides is 1. The zero-order chi connectivity index (χ0) is 14.7. The number of carbonyl (C=O) groups is 1. The van der Waals surface area contributed by atoms with Crippen molar-refractivity contribution in [1.29, 1.82) is 0 Å². The number of carbonyl (C=O) groups excluding carboxylic acids is 1. The van der Waals surface area contributed by atoms with Crippen LogP contribution in [0.5, 0.6) is 0 Å². The average Bonchev–Trinajstić information content (AvgIpc) is 2.30. The predicted octanol–water partition coefficient (Wildman–Crippen LogP) is 1.17. The van der Waals surface area contributed by atoms with Gasteiger partial charge in [0, 0.05) is 18.5 Å². The molecule has 0 saturated carbocycles. The largest absolute Gasteiger partial charge is 0.325 e. The molecule has 0 heterocycles. The summed E-state index contributed by atoms with van der Waals surface area (Å²) in [6.45, 7) is 3.53. The number of benzene rings is 1. The van der Waals surface area contributed by atoms with E-state index < -0.39 is 20.5 Å². The number of anilines is 1. The summed E-state index contributed by atoms with van der Waals surface area (Å²) < 4.78 is 21.7. The number of rotatable bonds is 5. The van der Waals surface area contributed by atoms with Gasteiger partial charge in [0.1, 0.15) is 4.75 Å². The van der Waals surface area contributed by atoms with Crippen molar-refractivity contribution in [2.45, 2.75) is 25.1 Å². The second kappa shape index (κ2) is 5.71. The van der Waals surface area contributed by atoms with Crippen LogP contribution >= 0.6 is 0 Å².